The van der Waals surface area contributed by atoms with E-state index in [1.54, 1.807) is 7.11 Å². The molecule has 4 nitrogen and oxygen atoms in total. The topological polar surface area (TPSA) is 58.7 Å². The molecule has 3 N–H and O–H groups in total. The Labute approximate surface area is 127 Å². The molecule has 1 heterocycles. The lowest BCUT2D eigenvalue weighted by Gasteiger charge is -2.27. The molecule has 0 aliphatic carbocycles. The predicted octanol–water partition coefficient (Wildman–Crippen LogP) is 2.65. The van der Waals surface area contributed by atoms with Crippen LogP contribution < -0.4 is 10.5 Å². The van der Waals surface area contributed by atoms with Crippen LogP contribution in [0.1, 0.15) is 44.4 Å². The van der Waals surface area contributed by atoms with Crippen LogP contribution in [0.25, 0.3) is 0 Å². The molecule has 4 heteroatoms. The summed E-state index contributed by atoms with van der Waals surface area (Å²) in [6, 6.07) is 4.11. The lowest BCUT2D eigenvalue weighted by molar-refractivity contribution is 0.302. The smallest absolute Gasteiger partial charge is 0.124 e. The van der Waals surface area contributed by atoms with Crippen molar-refractivity contribution < 1.29 is 9.84 Å². The number of ether oxygens (including phenoxy) is 1. The summed E-state index contributed by atoms with van der Waals surface area (Å²) >= 11 is 0. The van der Waals surface area contributed by atoms with Gasteiger partial charge in [-0.05, 0) is 43.5 Å². The van der Waals surface area contributed by atoms with Gasteiger partial charge in [-0.1, -0.05) is 20.8 Å². The zero-order valence-corrected chi connectivity index (χ0v) is 13.8. The number of nitrogens with two attached hydrogens (primary N) is 1. The third-order valence-electron chi connectivity index (χ3n) is 4.48. The second-order valence-corrected chi connectivity index (χ2v) is 7.16. The molecule has 1 aliphatic heterocycles. The number of aromatic hydroxyl groups is 1. The predicted molar refractivity (Wildman–Crippen MR) is 85.9 cm³/mol. The molecule has 1 aromatic carbocycles. The van der Waals surface area contributed by atoms with E-state index in [1.807, 2.05) is 12.1 Å². The van der Waals surface area contributed by atoms with Crippen molar-refractivity contribution in [2.75, 3.05) is 27.2 Å². The molecule has 0 spiro atoms. The molecule has 118 valence electrons. The van der Waals surface area contributed by atoms with E-state index in [4.69, 9.17) is 10.5 Å². The summed E-state index contributed by atoms with van der Waals surface area (Å²) in [7, 11) is 3.76. The van der Waals surface area contributed by atoms with Crippen LogP contribution >= 0.6 is 0 Å². The van der Waals surface area contributed by atoms with E-state index in [0.717, 1.165) is 29.8 Å². The van der Waals surface area contributed by atoms with E-state index in [9.17, 15) is 5.11 Å². The van der Waals surface area contributed by atoms with Gasteiger partial charge in [0.05, 0.1) is 7.11 Å². The molecular formula is C17H28N2O2. The molecule has 1 saturated heterocycles. The van der Waals surface area contributed by atoms with Crippen molar-refractivity contribution in [1.82, 2.24) is 4.90 Å². The third kappa shape index (κ3) is 3.16. The number of likely N-dealkylation sites (tertiary alicyclic amines) is 1. The highest BCUT2D eigenvalue weighted by Crippen LogP contribution is 2.44. The van der Waals surface area contributed by atoms with Crippen LogP contribution in [-0.2, 0) is 5.41 Å². The van der Waals surface area contributed by atoms with Crippen molar-refractivity contribution in [2.24, 2.45) is 11.7 Å². The monoisotopic (exact) mass is 292 g/mol. The fourth-order valence-electron chi connectivity index (χ4n) is 3.21. The van der Waals surface area contributed by atoms with E-state index in [1.165, 1.54) is 0 Å². The number of hydrogen-bond donors (Lipinski definition) is 2. The Morgan fingerprint density at radius 1 is 1.38 bits per heavy atom. The fraction of sp³-hybridized carbons (Fsp3) is 0.647. The molecule has 1 aliphatic rings. The van der Waals surface area contributed by atoms with Crippen LogP contribution in [0, 0.1) is 5.92 Å². The van der Waals surface area contributed by atoms with E-state index in [-0.39, 0.29) is 11.5 Å². The average Bonchev–Trinajstić information content (AvgIpc) is 2.79. The first-order chi connectivity index (χ1) is 9.77. The summed E-state index contributed by atoms with van der Waals surface area (Å²) in [5.74, 6) is 1.69. The first kappa shape index (κ1) is 16.1. The lowest BCUT2D eigenvalue weighted by atomic mass is 9.83. The van der Waals surface area contributed by atoms with Gasteiger partial charge in [-0.3, -0.25) is 4.90 Å². The molecule has 0 amide bonds. The minimum atomic E-state index is -0.127. The van der Waals surface area contributed by atoms with Crippen LogP contribution in [0.5, 0.6) is 11.5 Å². The summed E-state index contributed by atoms with van der Waals surface area (Å²) in [6.45, 7) is 7.98. The standard InChI is InChI=1S/C17H28N2O2/c1-17(2,3)14-8-12(21-5)7-13(16(14)20)15-6-11(9-18)10-19(15)4/h7-8,11,15,20H,6,9-10,18H2,1-5H3. The second-order valence-electron chi connectivity index (χ2n) is 7.16. The number of hydrogen-bond acceptors (Lipinski definition) is 4. The molecule has 1 aromatic rings. The van der Waals surface area contributed by atoms with Crippen molar-refractivity contribution in [3.05, 3.63) is 23.3 Å². The normalized spacial score (nSPS) is 23.5. The van der Waals surface area contributed by atoms with Crippen molar-refractivity contribution in [2.45, 2.75) is 38.6 Å². The van der Waals surface area contributed by atoms with Crippen LogP contribution in [-0.4, -0.2) is 37.3 Å². The number of phenols is 1. The van der Waals surface area contributed by atoms with Crippen molar-refractivity contribution in [1.29, 1.82) is 0 Å². The highest BCUT2D eigenvalue weighted by atomic mass is 16.5. The van der Waals surface area contributed by atoms with Crippen LogP contribution in [0.2, 0.25) is 0 Å². The van der Waals surface area contributed by atoms with E-state index >= 15 is 0 Å². The van der Waals surface area contributed by atoms with Gasteiger partial charge in [0, 0.05) is 23.7 Å². The maximum atomic E-state index is 10.8. The minimum absolute atomic E-state index is 0.127. The summed E-state index contributed by atoms with van der Waals surface area (Å²) in [5.41, 5.74) is 7.58. The molecule has 1 fully saturated rings. The maximum Gasteiger partial charge on any atom is 0.124 e. The Hall–Kier alpha value is -1.26. The molecule has 0 bridgehead atoms. The second kappa shape index (κ2) is 5.85. The van der Waals surface area contributed by atoms with Gasteiger partial charge in [-0.25, -0.2) is 0 Å². The highest BCUT2D eigenvalue weighted by Gasteiger charge is 2.33. The molecular weight excluding hydrogens is 264 g/mol. The Morgan fingerprint density at radius 3 is 2.52 bits per heavy atom. The Balaban J connectivity index is 2.48. The third-order valence-corrected chi connectivity index (χ3v) is 4.48. The SMILES string of the molecule is COc1cc(C2CC(CN)CN2C)c(O)c(C(C)(C)C)c1. The Morgan fingerprint density at radius 2 is 2.05 bits per heavy atom. The minimum Gasteiger partial charge on any atom is -0.507 e. The molecule has 21 heavy (non-hydrogen) atoms. The fourth-order valence-corrected chi connectivity index (χ4v) is 3.21. The molecule has 0 aromatic heterocycles. The van der Waals surface area contributed by atoms with Gasteiger partial charge in [0.1, 0.15) is 11.5 Å². The zero-order chi connectivity index (χ0) is 15.8. The summed E-state index contributed by atoms with van der Waals surface area (Å²) < 4.78 is 5.44. The summed E-state index contributed by atoms with van der Waals surface area (Å²) in [5, 5.41) is 10.8. The van der Waals surface area contributed by atoms with Crippen molar-refractivity contribution in [3.8, 4) is 11.5 Å². The number of benzene rings is 1. The molecule has 2 unspecified atom stereocenters. The van der Waals surface area contributed by atoms with Gasteiger partial charge >= 0.3 is 0 Å². The summed E-state index contributed by atoms with van der Waals surface area (Å²) in [4.78, 5) is 2.28. The highest BCUT2D eigenvalue weighted by molar-refractivity contribution is 5.51. The quantitative estimate of drug-likeness (QED) is 0.899. The Kier molecular flexibility index (Phi) is 4.49. The Bertz CT molecular complexity index is 508. The maximum absolute atomic E-state index is 10.8. The first-order valence-corrected chi connectivity index (χ1v) is 7.59. The number of rotatable bonds is 3. The number of phenolic OH excluding ortho intramolecular Hbond substituents is 1. The molecule has 0 saturated carbocycles. The van der Waals surface area contributed by atoms with Gasteiger partial charge in [0.2, 0.25) is 0 Å². The van der Waals surface area contributed by atoms with Gasteiger partial charge in [0.25, 0.3) is 0 Å². The lowest BCUT2D eigenvalue weighted by Crippen LogP contribution is -2.21. The number of methoxy groups -OCH3 is 1. The number of nitrogens with zero attached hydrogens (tertiary/aromatic N) is 1. The zero-order valence-electron chi connectivity index (χ0n) is 13.8. The van der Waals surface area contributed by atoms with Crippen LogP contribution in [0.15, 0.2) is 12.1 Å². The van der Waals surface area contributed by atoms with Gasteiger partial charge in [-0.15, -0.1) is 0 Å². The average molecular weight is 292 g/mol. The van der Waals surface area contributed by atoms with E-state index < -0.39 is 0 Å². The van der Waals surface area contributed by atoms with Crippen molar-refractivity contribution in [3.63, 3.8) is 0 Å². The molecule has 2 rings (SSSR count). The van der Waals surface area contributed by atoms with Crippen LogP contribution in [0.3, 0.4) is 0 Å². The first-order valence-electron chi connectivity index (χ1n) is 7.59. The largest absolute Gasteiger partial charge is 0.507 e. The van der Waals surface area contributed by atoms with Gasteiger partial charge in [-0.2, -0.15) is 0 Å². The molecule has 0 radical (unpaired) electrons. The van der Waals surface area contributed by atoms with E-state index in [2.05, 4.69) is 32.7 Å². The van der Waals surface area contributed by atoms with Gasteiger partial charge in [0.15, 0.2) is 0 Å². The molecule has 2 atom stereocenters. The van der Waals surface area contributed by atoms with E-state index in [0.29, 0.717) is 18.2 Å². The van der Waals surface area contributed by atoms with Gasteiger partial charge < -0.3 is 15.6 Å². The van der Waals surface area contributed by atoms with Crippen LogP contribution in [0.4, 0.5) is 0 Å². The van der Waals surface area contributed by atoms with Crippen molar-refractivity contribution >= 4 is 0 Å². The summed E-state index contributed by atoms with van der Waals surface area (Å²) in [6.07, 6.45) is 0.983.